The van der Waals surface area contributed by atoms with Crippen molar-refractivity contribution in [1.29, 1.82) is 0 Å². The minimum Gasteiger partial charge on any atom is -0.508 e. The number of hydrogen-bond acceptors (Lipinski definition) is 9. The van der Waals surface area contributed by atoms with Gasteiger partial charge in [0, 0.05) is 32.1 Å². The van der Waals surface area contributed by atoms with Crippen molar-refractivity contribution in [2.45, 2.75) is 62.9 Å². The van der Waals surface area contributed by atoms with Crippen molar-refractivity contribution in [3.05, 3.63) is 41.5 Å². The molecule has 2 unspecified atom stereocenters. The largest absolute Gasteiger partial charge is 0.508 e. The number of aryl methyl sites for hydroxylation is 1. The number of phenols is 1. The molecule has 3 saturated heterocycles. The van der Waals surface area contributed by atoms with E-state index < -0.39 is 23.3 Å². The summed E-state index contributed by atoms with van der Waals surface area (Å²) in [6.45, 7) is 4.55. The second kappa shape index (κ2) is 10.6. The first-order valence-electron chi connectivity index (χ1n) is 15.7. The fraction of sp³-hybridized carbons (Fsp3) is 0.485. The van der Waals surface area contributed by atoms with E-state index in [-0.39, 0.29) is 53.2 Å². The Balaban J connectivity index is 1.33. The van der Waals surface area contributed by atoms with E-state index in [0.29, 0.717) is 53.5 Å². The van der Waals surface area contributed by atoms with Gasteiger partial charge in [-0.05, 0) is 73.3 Å². The second-order valence-corrected chi connectivity index (χ2v) is 12.8. The monoisotopic (exact) mass is 620 g/mol. The van der Waals surface area contributed by atoms with E-state index in [1.807, 2.05) is 18.9 Å². The molecule has 4 atom stereocenters. The number of halogens is 3. The van der Waals surface area contributed by atoms with Crippen LogP contribution in [-0.2, 0) is 6.42 Å². The Kier molecular flexibility index (Phi) is 6.72. The number of nitrogens with one attached hydrogen (secondary N) is 1. The van der Waals surface area contributed by atoms with Gasteiger partial charge in [0.2, 0.25) is 5.88 Å². The summed E-state index contributed by atoms with van der Waals surface area (Å²) >= 11 is 0. The number of rotatable bonds is 5. The van der Waals surface area contributed by atoms with Crippen molar-refractivity contribution in [3.8, 4) is 28.9 Å². The number of piperidine rings is 1. The summed E-state index contributed by atoms with van der Waals surface area (Å²) < 4.78 is 59.2. The maximum Gasteiger partial charge on any atom is 0.319 e. The first-order valence-corrected chi connectivity index (χ1v) is 15.7. The van der Waals surface area contributed by atoms with Gasteiger partial charge < -0.3 is 24.8 Å². The quantitative estimate of drug-likeness (QED) is 0.323. The van der Waals surface area contributed by atoms with Gasteiger partial charge in [0.05, 0.1) is 11.6 Å². The van der Waals surface area contributed by atoms with Gasteiger partial charge in [-0.3, -0.25) is 4.90 Å². The lowest BCUT2D eigenvalue weighted by atomic mass is 9.94. The van der Waals surface area contributed by atoms with Crippen LogP contribution in [0, 0.1) is 11.6 Å². The zero-order valence-electron chi connectivity index (χ0n) is 25.2. The molecular weight excluding hydrogens is 585 g/mol. The first-order chi connectivity index (χ1) is 21.8. The van der Waals surface area contributed by atoms with E-state index in [4.69, 9.17) is 19.4 Å². The third kappa shape index (κ3) is 4.47. The number of benzene rings is 2. The number of hydrogen-bond donors (Lipinski definition) is 2. The Morgan fingerprint density at radius 3 is 2.89 bits per heavy atom. The minimum atomic E-state index is -0.917. The molecule has 2 aromatic heterocycles. The average molecular weight is 621 g/mol. The standard InChI is InChI=1S/C33H35F3N6O3/c1-3-20-22(35)6-5-17-11-19(43)12-21(25(17)20)28-27(36)29-26-30(41(2)23-7-9-37-14-24(23)45-31(26)38-28)40-32(39-29)44-16-33-8-4-10-42(33)15-18(34)13-33/h5-6,11-12,18,23-24,37,43H,3-4,7-10,13-16H2,1-2H3/t18-,23?,24?,33+/m1/s1. The van der Waals surface area contributed by atoms with Gasteiger partial charge in [0.15, 0.2) is 5.82 Å². The van der Waals surface area contributed by atoms with Crippen molar-refractivity contribution in [2.24, 2.45) is 0 Å². The topological polar surface area (TPSA) is 95.9 Å². The fourth-order valence-electron chi connectivity index (χ4n) is 8.05. The van der Waals surface area contributed by atoms with Crippen LogP contribution < -0.4 is 19.7 Å². The number of alkyl halides is 1. The molecule has 236 valence electrons. The lowest BCUT2D eigenvalue weighted by molar-refractivity contribution is 0.107. The Morgan fingerprint density at radius 1 is 1.18 bits per heavy atom. The summed E-state index contributed by atoms with van der Waals surface area (Å²) in [7, 11) is 1.90. The Bertz CT molecular complexity index is 1840. The van der Waals surface area contributed by atoms with Gasteiger partial charge in [0.25, 0.3) is 0 Å². The number of aromatic hydroxyl groups is 1. The predicted molar refractivity (Wildman–Crippen MR) is 164 cm³/mol. The fourth-order valence-corrected chi connectivity index (χ4v) is 8.05. The molecule has 0 aliphatic carbocycles. The molecule has 0 amide bonds. The molecule has 4 aromatic rings. The predicted octanol–water partition coefficient (Wildman–Crippen LogP) is 4.91. The maximum atomic E-state index is 17.0. The average Bonchev–Trinajstić information content (AvgIpc) is 3.52. The highest BCUT2D eigenvalue weighted by Gasteiger charge is 2.49. The molecule has 45 heavy (non-hydrogen) atoms. The Labute approximate surface area is 258 Å². The molecule has 4 aliphatic rings. The van der Waals surface area contributed by atoms with Gasteiger partial charge in [-0.1, -0.05) is 13.0 Å². The number of ether oxygens (including phenoxy) is 2. The van der Waals surface area contributed by atoms with Crippen molar-refractivity contribution >= 4 is 27.5 Å². The molecule has 0 bridgehead atoms. The van der Waals surface area contributed by atoms with E-state index in [2.05, 4.69) is 15.2 Å². The number of phenolic OH excluding ortho intramolecular Hbond substituents is 1. The van der Waals surface area contributed by atoms with Crippen molar-refractivity contribution < 1.29 is 27.8 Å². The van der Waals surface area contributed by atoms with Crippen molar-refractivity contribution in [2.75, 3.05) is 44.7 Å². The second-order valence-electron chi connectivity index (χ2n) is 12.8. The van der Waals surface area contributed by atoms with Gasteiger partial charge in [-0.2, -0.15) is 9.97 Å². The minimum absolute atomic E-state index is 0.0108. The Morgan fingerprint density at radius 2 is 2.04 bits per heavy atom. The number of likely N-dealkylation sites (N-methyl/N-ethyl adjacent to an activating group) is 1. The zero-order valence-corrected chi connectivity index (χ0v) is 25.2. The number of aromatic nitrogens is 3. The van der Waals surface area contributed by atoms with Crippen LogP contribution in [0.25, 0.3) is 32.9 Å². The van der Waals surface area contributed by atoms with E-state index >= 15 is 8.78 Å². The maximum absolute atomic E-state index is 17.0. The number of nitrogens with zero attached hydrogens (tertiary/aromatic N) is 5. The highest BCUT2D eigenvalue weighted by molar-refractivity contribution is 6.03. The molecule has 4 aliphatic heterocycles. The molecule has 9 nitrogen and oxygen atoms in total. The summed E-state index contributed by atoms with van der Waals surface area (Å²) in [6.07, 6.45) is 2.03. The summed E-state index contributed by atoms with van der Waals surface area (Å²) in [5.74, 6) is -0.687. The zero-order chi connectivity index (χ0) is 31.0. The molecule has 8 rings (SSSR count). The summed E-state index contributed by atoms with van der Waals surface area (Å²) in [5, 5.41) is 15.4. The van der Waals surface area contributed by atoms with Crippen molar-refractivity contribution in [3.63, 3.8) is 0 Å². The first kappa shape index (κ1) is 28.6. The highest BCUT2D eigenvalue weighted by atomic mass is 19.1. The molecular formula is C33H35F3N6O3. The summed E-state index contributed by atoms with van der Waals surface area (Å²) in [6, 6.07) is 5.75. The van der Waals surface area contributed by atoms with Gasteiger partial charge in [-0.25, -0.2) is 18.2 Å². The van der Waals surface area contributed by atoms with Crippen LogP contribution >= 0.6 is 0 Å². The van der Waals surface area contributed by atoms with Crippen LogP contribution in [0.5, 0.6) is 17.6 Å². The van der Waals surface area contributed by atoms with Crippen LogP contribution in [0.4, 0.5) is 19.0 Å². The molecule has 6 heterocycles. The molecule has 0 spiro atoms. The smallest absolute Gasteiger partial charge is 0.319 e. The van der Waals surface area contributed by atoms with E-state index in [1.165, 1.54) is 18.2 Å². The van der Waals surface area contributed by atoms with Gasteiger partial charge >= 0.3 is 6.01 Å². The highest BCUT2D eigenvalue weighted by Crippen LogP contribution is 2.45. The lowest BCUT2D eigenvalue weighted by Gasteiger charge is -2.36. The van der Waals surface area contributed by atoms with Crippen LogP contribution in [0.2, 0.25) is 0 Å². The third-order valence-electron chi connectivity index (χ3n) is 10.2. The number of fused-ring (bicyclic) bond motifs is 3. The molecule has 0 radical (unpaired) electrons. The summed E-state index contributed by atoms with van der Waals surface area (Å²) in [4.78, 5) is 18.2. The normalized spacial score (nSPS) is 26.2. The number of anilines is 1. The SMILES string of the molecule is CCc1c(F)ccc2cc(O)cc(-c3nc4c5c(nc(OC[C@@]67CCCN6C[C@H](F)C7)nc5c3F)N(C)C3CCNCC3O4)c12. The lowest BCUT2D eigenvalue weighted by Crippen LogP contribution is -2.53. The van der Waals surface area contributed by atoms with Crippen LogP contribution in [0.15, 0.2) is 24.3 Å². The van der Waals surface area contributed by atoms with Crippen LogP contribution in [0.3, 0.4) is 0 Å². The molecule has 0 saturated carbocycles. The number of pyridine rings is 1. The van der Waals surface area contributed by atoms with Crippen LogP contribution in [-0.4, -0.2) is 88.6 Å². The van der Waals surface area contributed by atoms with Gasteiger partial charge in [0.1, 0.15) is 52.9 Å². The third-order valence-corrected chi connectivity index (χ3v) is 10.2. The molecule has 3 fully saturated rings. The molecule has 2 aromatic carbocycles. The summed E-state index contributed by atoms with van der Waals surface area (Å²) in [5.41, 5.74) is 0.0302. The van der Waals surface area contributed by atoms with Crippen LogP contribution in [0.1, 0.15) is 38.2 Å². The van der Waals surface area contributed by atoms with E-state index in [1.54, 1.807) is 6.07 Å². The Hall–Kier alpha value is -3.90. The van der Waals surface area contributed by atoms with E-state index in [0.717, 1.165) is 32.4 Å². The molecule has 12 heteroatoms. The molecule has 2 N–H and O–H groups in total. The van der Waals surface area contributed by atoms with Gasteiger partial charge in [-0.15, -0.1) is 0 Å². The van der Waals surface area contributed by atoms with E-state index in [9.17, 15) is 9.50 Å². The van der Waals surface area contributed by atoms with Crippen molar-refractivity contribution in [1.82, 2.24) is 25.2 Å².